The highest BCUT2D eigenvalue weighted by Gasteiger charge is 2.27. The van der Waals surface area contributed by atoms with Crippen LogP contribution >= 0.6 is 0 Å². The number of carboxylic acid groups (broad SMARTS) is 1. The smallest absolute Gasteiger partial charge is 0.317 e. The number of anilines is 1. The Morgan fingerprint density at radius 3 is 2.73 bits per heavy atom. The van der Waals surface area contributed by atoms with Crippen LogP contribution in [-0.4, -0.2) is 65.5 Å². The summed E-state index contributed by atoms with van der Waals surface area (Å²) in [6.45, 7) is 7.68. The first kappa shape index (κ1) is 20.4. The van der Waals surface area contributed by atoms with E-state index in [0.29, 0.717) is 0 Å². The monoisotopic (exact) mass is 361 g/mol. The van der Waals surface area contributed by atoms with Crippen molar-refractivity contribution in [2.24, 2.45) is 0 Å². The molecular formula is C20H31N3O3. The lowest BCUT2D eigenvalue weighted by Crippen LogP contribution is -2.43. The molecule has 26 heavy (non-hydrogen) atoms. The third kappa shape index (κ3) is 5.54. The number of carbonyl (C=O) groups is 2. The third-order valence-corrected chi connectivity index (χ3v) is 5.32. The van der Waals surface area contributed by atoms with Crippen LogP contribution in [0.5, 0.6) is 0 Å². The average Bonchev–Trinajstić information content (AvgIpc) is 2.83. The van der Waals surface area contributed by atoms with Gasteiger partial charge in [0.05, 0.1) is 12.6 Å². The molecule has 2 unspecified atom stereocenters. The molecule has 2 atom stereocenters. The molecule has 1 aliphatic heterocycles. The molecule has 1 amide bonds. The molecule has 0 bridgehead atoms. The minimum absolute atomic E-state index is 0.0102. The van der Waals surface area contributed by atoms with Crippen LogP contribution in [0.4, 0.5) is 5.69 Å². The second-order valence-corrected chi connectivity index (χ2v) is 7.41. The first-order valence-electron chi connectivity index (χ1n) is 9.32. The average molecular weight is 361 g/mol. The number of carboxylic acids is 1. The molecule has 0 aliphatic carbocycles. The zero-order valence-electron chi connectivity index (χ0n) is 16.3. The summed E-state index contributed by atoms with van der Waals surface area (Å²) < 4.78 is 0. The Balaban J connectivity index is 1.94. The number of carbonyl (C=O) groups excluding carboxylic acids is 1. The molecule has 0 spiro atoms. The maximum Gasteiger partial charge on any atom is 0.317 e. The van der Waals surface area contributed by atoms with Gasteiger partial charge < -0.3 is 10.4 Å². The highest BCUT2D eigenvalue weighted by Crippen LogP contribution is 2.20. The van der Waals surface area contributed by atoms with Gasteiger partial charge in [-0.25, -0.2) is 0 Å². The Labute approximate surface area is 156 Å². The van der Waals surface area contributed by atoms with E-state index in [9.17, 15) is 9.59 Å². The summed E-state index contributed by atoms with van der Waals surface area (Å²) in [4.78, 5) is 27.7. The normalized spacial score (nSPS) is 19.8. The SMILES string of the molecule is Cc1ccc(C)c(NC(=O)C(C)N2CCCC(N(C)CC(=O)O)CC2)c1. The van der Waals surface area contributed by atoms with Crippen molar-refractivity contribution in [3.63, 3.8) is 0 Å². The molecule has 2 N–H and O–H groups in total. The Bertz CT molecular complexity index is 647. The fourth-order valence-electron chi connectivity index (χ4n) is 3.55. The maximum absolute atomic E-state index is 12.7. The van der Waals surface area contributed by atoms with Gasteiger partial charge in [0.2, 0.25) is 5.91 Å². The summed E-state index contributed by atoms with van der Waals surface area (Å²) in [5.41, 5.74) is 3.05. The number of likely N-dealkylation sites (N-methyl/N-ethyl adjacent to an activating group) is 1. The van der Waals surface area contributed by atoms with E-state index in [2.05, 4.69) is 10.2 Å². The van der Waals surface area contributed by atoms with Crippen molar-refractivity contribution in [1.29, 1.82) is 0 Å². The zero-order chi connectivity index (χ0) is 19.3. The number of hydrogen-bond acceptors (Lipinski definition) is 4. The lowest BCUT2D eigenvalue weighted by atomic mass is 10.1. The van der Waals surface area contributed by atoms with E-state index in [0.717, 1.165) is 49.2 Å². The quantitative estimate of drug-likeness (QED) is 0.814. The number of nitrogens with one attached hydrogen (secondary N) is 1. The van der Waals surface area contributed by atoms with Gasteiger partial charge in [-0.3, -0.25) is 19.4 Å². The van der Waals surface area contributed by atoms with E-state index in [1.807, 2.05) is 50.9 Å². The van der Waals surface area contributed by atoms with Crippen molar-refractivity contribution < 1.29 is 14.7 Å². The lowest BCUT2D eigenvalue weighted by Gasteiger charge is -2.28. The fraction of sp³-hybridized carbons (Fsp3) is 0.600. The van der Waals surface area contributed by atoms with Crippen molar-refractivity contribution in [2.75, 3.05) is 32.0 Å². The zero-order valence-corrected chi connectivity index (χ0v) is 16.3. The minimum Gasteiger partial charge on any atom is -0.480 e. The van der Waals surface area contributed by atoms with Gasteiger partial charge in [-0.15, -0.1) is 0 Å². The van der Waals surface area contributed by atoms with Gasteiger partial charge in [-0.2, -0.15) is 0 Å². The van der Waals surface area contributed by atoms with E-state index in [1.165, 1.54) is 0 Å². The van der Waals surface area contributed by atoms with E-state index in [1.54, 1.807) is 0 Å². The molecule has 6 heteroatoms. The molecule has 1 aliphatic rings. The number of nitrogens with zero attached hydrogens (tertiary/aromatic N) is 2. The summed E-state index contributed by atoms with van der Waals surface area (Å²) in [5.74, 6) is -0.786. The first-order chi connectivity index (χ1) is 12.3. The van der Waals surface area contributed by atoms with Crippen LogP contribution in [0.25, 0.3) is 0 Å². The molecule has 1 aromatic rings. The summed E-state index contributed by atoms with van der Waals surface area (Å²) in [6, 6.07) is 6.10. The van der Waals surface area contributed by atoms with Crippen LogP contribution in [0.1, 0.15) is 37.3 Å². The Morgan fingerprint density at radius 2 is 2.04 bits per heavy atom. The van der Waals surface area contributed by atoms with Crippen molar-refractivity contribution in [1.82, 2.24) is 9.80 Å². The summed E-state index contributed by atoms with van der Waals surface area (Å²) in [6.07, 6.45) is 2.81. The van der Waals surface area contributed by atoms with E-state index >= 15 is 0 Å². The number of aryl methyl sites for hydroxylation is 2. The van der Waals surface area contributed by atoms with Crippen molar-refractivity contribution >= 4 is 17.6 Å². The standard InChI is InChI=1S/C20H31N3O3/c1-14-7-8-15(2)18(12-14)21-20(26)16(3)23-10-5-6-17(9-11-23)22(4)13-19(24)25/h7-8,12,16-17H,5-6,9-11,13H2,1-4H3,(H,21,26)(H,24,25). The number of rotatable bonds is 6. The molecule has 0 aromatic heterocycles. The van der Waals surface area contributed by atoms with Crippen LogP contribution < -0.4 is 5.32 Å². The largest absolute Gasteiger partial charge is 0.480 e. The molecule has 2 rings (SSSR count). The molecule has 1 saturated heterocycles. The molecule has 1 aromatic carbocycles. The number of likely N-dealkylation sites (tertiary alicyclic amines) is 1. The lowest BCUT2D eigenvalue weighted by molar-refractivity contribution is -0.138. The molecule has 0 saturated carbocycles. The number of benzene rings is 1. The molecule has 144 valence electrons. The van der Waals surface area contributed by atoms with Crippen molar-refractivity contribution in [3.8, 4) is 0 Å². The van der Waals surface area contributed by atoms with Gasteiger partial charge in [0.15, 0.2) is 0 Å². The van der Waals surface area contributed by atoms with E-state index in [-0.39, 0.29) is 24.5 Å². The van der Waals surface area contributed by atoms with Gasteiger partial charge in [-0.05, 0) is 70.8 Å². The van der Waals surface area contributed by atoms with E-state index < -0.39 is 5.97 Å². The van der Waals surface area contributed by atoms with Gasteiger partial charge in [0.25, 0.3) is 0 Å². The predicted molar refractivity (Wildman–Crippen MR) is 103 cm³/mol. The van der Waals surface area contributed by atoms with Crippen LogP contribution in [0.2, 0.25) is 0 Å². The predicted octanol–water partition coefficient (Wildman–Crippen LogP) is 2.50. The first-order valence-corrected chi connectivity index (χ1v) is 9.32. The molecular weight excluding hydrogens is 330 g/mol. The summed E-state index contributed by atoms with van der Waals surface area (Å²) >= 11 is 0. The van der Waals surface area contributed by atoms with Gasteiger partial charge in [0, 0.05) is 18.3 Å². The summed E-state index contributed by atoms with van der Waals surface area (Å²) in [7, 11) is 1.87. The van der Waals surface area contributed by atoms with E-state index in [4.69, 9.17) is 5.11 Å². The topological polar surface area (TPSA) is 72.9 Å². The summed E-state index contributed by atoms with van der Waals surface area (Å²) in [5, 5.41) is 12.0. The number of amides is 1. The Hall–Kier alpha value is -1.92. The van der Waals surface area contributed by atoms with Gasteiger partial charge in [-0.1, -0.05) is 12.1 Å². The molecule has 1 fully saturated rings. The van der Waals surface area contributed by atoms with Crippen LogP contribution in [0.3, 0.4) is 0 Å². The molecule has 0 radical (unpaired) electrons. The van der Waals surface area contributed by atoms with Crippen LogP contribution in [0, 0.1) is 13.8 Å². The Kier molecular flexibility index (Phi) is 7.17. The second kappa shape index (κ2) is 9.14. The minimum atomic E-state index is -0.796. The highest BCUT2D eigenvalue weighted by molar-refractivity contribution is 5.95. The third-order valence-electron chi connectivity index (χ3n) is 5.32. The van der Waals surface area contributed by atoms with Crippen molar-refractivity contribution in [3.05, 3.63) is 29.3 Å². The second-order valence-electron chi connectivity index (χ2n) is 7.41. The molecule has 6 nitrogen and oxygen atoms in total. The van der Waals surface area contributed by atoms with Crippen LogP contribution in [-0.2, 0) is 9.59 Å². The highest BCUT2D eigenvalue weighted by atomic mass is 16.4. The van der Waals surface area contributed by atoms with Crippen LogP contribution in [0.15, 0.2) is 18.2 Å². The number of hydrogen-bond donors (Lipinski definition) is 2. The molecule has 1 heterocycles. The maximum atomic E-state index is 12.7. The Morgan fingerprint density at radius 1 is 1.31 bits per heavy atom. The fourth-order valence-corrected chi connectivity index (χ4v) is 3.55. The van der Waals surface area contributed by atoms with Gasteiger partial charge in [0.1, 0.15) is 0 Å². The van der Waals surface area contributed by atoms with Gasteiger partial charge >= 0.3 is 5.97 Å². The van der Waals surface area contributed by atoms with Crippen molar-refractivity contribution in [2.45, 2.75) is 52.1 Å². The number of aliphatic carboxylic acids is 1.